The second kappa shape index (κ2) is 12.3. The van der Waals surface area contributed by atoms with Crippen LogP contribution in [0.5, 0.6) is 11.5 Å². The number of thioether (sulfide) groups is 1. The lowest BCUT2D eigenvalue weighted by Gasteiger charge is -2.17. The lowest BCUT2D eigenvalue weighted by atomic mass is 10.1. The summed E-state index contributed by atoms with van der Waals surface area (Å²) in [5, 5.41) is 15.9. The molecule has 0 saturated heterocycles. The highest BCUT2D eigenvalue weighted by molar-refractivity contribution is 7.98. The molecule has 1 atom stereocenters. The second-order valence-electron chi connectivity index (χ2n) is 7.30. The highest BCUT2D eigenvalue weighted by Gasteiger charge is 2.25. The topological polar surface area (TPSA) is 146 Å². The molecular weight excluding hydrogens is 502 g/mol. The smallest absolute Gasteiger partial charge is 0.329 e. The zero-order chi connectivity index (χ0) is 25.4. The van der Waals surface area contributed by atoms with E-state index in [1.165, 1.54) is 17.8 Å². The summed E-state index contributed by atoms with van der Waals surface area (Å²) in [7, 11) is 0. The Morgan fingerprint density at radius 3 is 2.69 bits per heavy atom. The number of carbonyl (C=O) groups excluding carboxylic acids is 3. The molecule has 0 fully saturated rings. The van der Waals surface area contributed by atoms with Gasteiger partial charge in [0.05, 0.1) is 15.5 Å². The van der Waals surface area contributed by atoms with Crippen molar-refractivity contribution in [2.75, 3.05) is 25.4 Å². The van der Waals surface area contributed by atoms with Crippen LogP contribution in [0.2, 0.25) is 5.02 Å². The van der Waals surface area contributed by atoms with E-state index in [4.69, 9.17) is 25.8 Å². The fourth-order valence-corrected chi connectivity index (χ4v) is 3.79. The van der Waals surface area contributed by atoms with Gasteiger partial charge >= 0.3 is 5.97 Å². The fourth-order valence-electron chi connectivity index (χ4n) is 3.06. The molecule has 0 bridgehead atoms. The molecule has 2 aromatic carbocycles. The van der Waals surface area contributed by atoms with Crippen LogP contribution in [0, 0.1) is 10.1 Å². The summed E-state index contributed by atoms with van der Waals surface area (Å²) in [5.41, 5.74) is 0.483. The average Bonchev–Trinajstić information content (AvgIpc) is 3.31. The number of hydrogen-bond donors (Lipinski definition) is 2. The Labute approximate surface area is 209 Å². The zero-order valence-electron chi connectivity index (χ0n) is 18.6. The molecule has 0 unspecified atom stereocenters. The Morgan fingerprint density at radius 1 is 1.20 bits per heavy atom. The maximum absolute atomic E-state index is 12.6. The molecule has 2 N–H and O–H groups in total. The fraction of sp³-hybridized carbons (Fsp3) is 0.318. The van der Waals surface area contributed by atoms with Crippen molar-refractivity contribution in [2.24, 2.45) is 0 Å². The molecule has 1 heterocycles. The van der Waals surface area contributed by atoms with Gasteiger partial charge in [-0.05, 0) is 42.2 Å². The first-order valence-electron chi connectivity index (χ1n) is 10.3. The average molecular weight is 524 g/mol. The molecule has 1 aliphatic heterocycles. The van der Waals surface area contributed by atoms with E-state index in [9.17, 15) is 24.5 Å². The van der Waals surface area contributed by atoms with Gasteiger partial charge in [0.2, 0.25) is 6.79 Å². The van der Waals surface area contributed by atoms with Crippen LogP contribution in [-0.4, -0.2) is 54.2 Å². The molecule has 0 aromatic heterocycles. The van der Waals surface area contributed by atoms with Gasteiger partial charge in [0.25, 0.3) is 17.5 Å². The van der Waals surface area contributed by atoms with E-state index < -0.39 is 35.4 Å². The van der Waals surface area contributed by atoms with Crippen molar-refractivity contribution in [3.63, 3.8) is 0 Å². The lowest BCUT2D eigenvalue weighted by Crippen LogP contribution is -2.43. The van der Waals surface area contributed by atoms with Crippen molar-refractivity contribution in [1.29, 1.82) is 0 Å². The van der Waals surface area contributed by atoms with Crippen LogP contribution in [0.1, 0.15) is 22.3 Å². The molecular formula is C22H22ClN3O8S. The normalized spacial score (nSPS) is 12.5. The first kappa shape index (κ1) is 26.1. The van der Waals surface area contributed by atoms with Gasteiger partial charge in [-0.25, -0.2) is 4.79 Å². The molecule has 35 heavy (non-hydrogen) atoms. The van der Waals surface area contributed by atoms with Gasteiger partial charge in [-0.1, -0.05) is 17.7 Å². The summed E-state index contributed by atoms with van der Waals surface area (Å²) in [6, 6.07) is 7.61. The first-order valence-corrected chi connectivity index (χ1v) is 12.1. The van der Waals surface area contributed by atoms with Crippen LogP contribution in [0.3, 0.4) is 0 Å². The number of fused-ring (bicyclic) bond motifs is 1. The number of ether oxygens (including phenoxy) is 3. The Balaban J connectivity index is 1.53. The third-order valence-corrected chi connectivity index (χ3v) is 5.84. The number of esters is 1. The van der Waals surface area contributed by atoms with Crippen LogP contribution < -0.4 is 20.1 Å². The number of nitro benzene ring substituents is 1. The number of carbonyl (C=O) groups is 3. The summed E-state index contributed by atoms with van der Waals surface area (Å²) in [5.74, 6) is -0.260. The number of nitrogens with zero attached hydrogens (tertiary/aromatic N) is 1. The van der Waals surface area contributed by atoms with Crippen LogP contribution in [0.15, 0.2) is 36.4 Å². The van der Waals surface area contributed by atoms with Crippen LogP contribution in [0.25, 0.3) is 0 Å². The van der Waals surface area contributed by atoms with Crippen molar-refractivity contribution < 1.29 is 33.5 Å². The summed E-state index contributed by atoms with van der Waals surface area (Å²) in [6.45, 7) is -0.197. The molecule has 186 valence electrons. The van der Waals surface area contributed by atoms with Gasteiger partial charge in [-0.15, -0.1) is 0 Å². The number of hydrogen-bond acceptors (Lipinski definition) is 9. The minimum atomic E-state index is -1.04. The number of non-ortho nitro benzene ring substituents is 1. The van der Waals surface area contributed by atoms with Gasteiger partial charge in [0, 0.05) is 18.7 Å². The Kier molecular flexibility index (Phi) is 9.15. The van der Waals surface area contributed by atoms with Crippen molar-refractivity contribution in [2.45, 2.75) is 19.0 Å². The molecule has 0 radical (unpaired) electrons. The Hall–Kier alpha value is -3.51. The summed E-state index contributed by atoms with van der Waals surface area (Å²) < 4.78 is 15.6. The van der Waals surface area contributed by atoms with E-state index in [2.05, 4.69) is 10.6 Å². The number of nitro groups is 1. The molecule has 1 aliphatic rings. The van der Waals surface area contributed by atoms with E-state index in [1.54, 1.807) is 18.2 Å². The molecule has 3 rings (SSSR count). The van der Waals surface area contributed by atoms with Crippen molar-refractivity contribution in [3.05, 3.63) is 62.7 Å². The molecule has 11 nitrogen and oxygen atoms in total. The number of nitrogens with one attached hydrogen (secondary N) is 2. The van der Waals surface area contributed by atoms with E-state index in [0.29, 0.717) is 17.3 Å². The SMILES string of the molecule is CSCC[C@@H](NC(=O)c1ccc([N+](=O)[O-])cc1Cl)C(=O)OCC(=O)NCc1ccc2c(c1)OCO2. The molecule has 0 saturated carbocycles. The second-order valence-corrected chi connectivity index (χ2v) is 8.69. The number of rotatable bonds is 11. The predicted molar refractivity (Wildman–Crippen MR) is 128 cm³/mol. The van der Waals surface area contributed by atoms with Gasteiger partial charge in [0.15, 0.2) is 18.1 Å². The maximum Gasteiger partial charge on any atom is 0.329 e. The molecule has 2 amide bonds. The van der Waals surface area contributed by atoms with Crippen molar-refractivity contribution in [1.82, 2.24) is 10.6 Å². The van der Waals surface area contributed by atoms with Crippen LogP contribution in [0.4, 0.5) is 5.69 Å². The van der Waals surface area contributed by atoms with E-state index in [0.717, 1.165) is 17.7 Å². The summed E-state index contributed by atoms with van der Waals surface area (Å²) >= 11 is 7.46. The summed E-state index contributed by atoms with van der Waals surface area (Å²) in [4.78, 5) is 47.6. The maximum atomic E-state index is 12.6. The summed E-state index contributed by atoms with van der Waals surface area (Å²) in [6.07, 6.45) is 2.08. The van der Waals surface area contributed by atoms with E-state index in [-0.39, 0.29) is 36.0 Å². The van der Waals surface area contributed by atoms with Crippen molar-refractivity contribution in [3.8, 4) is 11.5 Å². The van der Waals surface area contributed by atoms with Gasteiger partial charge in [-0.3, -0.25) is 19.7 Å². The third kappa shape index (κ3) is 7.23. The van der Waals surface area contributed by atoms with E-state index >= 15 is 0 Å². The first-order chi connectivity index (χ1) is 16.8. The lowest BCUT2D eigenvalue weighted by molar-refractivity contribution is -0.384. The highest BCUT2D eigenvalue weighted by atomic mass is 35.5. The number of benzene rings is 2. The third-order valence-electron chi connectivity index (χ3n) is 4.88. The predicted octanol–water partition coefficient (Wildman–Crippen LogP) is 2.69. The minimum Gasteiger partial charge on any atom is -0.454 e. The van der Waals surface area contributed by atoms with Gasteiger partial charge in [-0.2, -0.15) is 11.8 Å². The molecule has 13 heteroatoms. The monoisotopic (exact) mass is 523 g/mol. The minimum absolute atomic E-state index is 0.0271. The zero-order valence-corrected chi connectivity index (χ0v) is 20.1. The van der Waals surface area contributed by atoms with E-state index in [1.807, 2.05) is 6.26 Å². The number of halogens is 1. The quantitative estimate of drug-likeness (QED) is 0.258. The number of amides is 2. The van der Waals surface area contributed by atoms with Crippen LogP contribution in [-0.2, 0) is 20.9 Å². The molecule has 0 aliphatic carbocycles. The Bertz CT molecular complexity index is 1130. The Morgan fingerprint density at radius 2 is 1.97 bits per heavy atom. The highest BCUT2D eigenvalue weighted by Crippen LogP contribution is 2.32. The largest absolute Gasteiger partial charge is 0.454 e. The molecule has 0 spiro atoms. The standard InChI is InChI=1S/C22H22ClN3O8S/c1-35-7-6-17(25-21(28)15-4-3-14(26(30)31)9-16(15)23)22(29)32-11-20(27)24-10-13-2-5-18-19(8-13)34-12-33-18/h2-5,8-9,17H,6-7,10-12H2,1H3,(H,24,27)(H,25,28)/t17-/m1/s1. The molecule has 2 aromatic rings. The van der Waals surface area contributed by atoms with Crippen LogP contribution >= 0.6 is 23.4 Å². The van der Waals surface area contributed by atoms with Crippen molar-refractivity contribution >= 4 is 46.8 Å². The van der Waals surface area contributed by atoms with Gasteiger partial charge < -0.3 is 24.8 Å². The van der Waals surface area contributed by atoms with Gasteiger partial charge in [0.1, 0.15) is 6.04 Å².